The molecule has 0 saturated carbocycles. The maximum Gasteiger partial charge on any atom is -0.00672 e. The first-order valence-corrected chi connectivity index (χ1v) is 9.79. The fourth-order valence-corrected chi connectivity index (χ4v) is 3.11. The van der Waals surface area contributed by atoms with Crippen LogP contribution in [0, 0.1) is 23.2 Å². The highest BCUT2D eigenvalue weighted by Crippen LogP contribution is 2.36. The van der Waals surface area contributed by atoms with Crippen LogP contribution in [-0.4, -0.2) is 4.86 Å². The zero-order valence-corrected chi connectivity index (χ0v) is 18.1. The molecule has 1 heteroatoms. The van der Waals surface area contributed by atoms with Crippen molar-refractivity contribution in [2.24, 2.45) is 23.2 Å². The molecule has 0 radical (unpaired) electrons. The Hall–Kier alpha value is -0.430. The summed E-state index contributed by atoms with van der Waals surface area (Å²) in [5.74, 6) is 1.80. The summed E-state index contributed by atoms with van der Waals surface area (Å²) in [5.41, 5.74) is 1.85. The van der Waals surface area contributed by atoms with Crippen LogP contribution < -0.4 is 0 Å². The van der Waals surface area contributed by atoms with Gasteiger partial charge in [-0.1, -0.05) is 78.4 Å². The lowest BCUT2D eigenvalue weighted by atomic mass is 9.73. The zero-order chi connectivity index (χ0) is 18.6. The third-order valence-corrected chi connectivity index (χ3v) is 5.02. The molecule has 2 atom stereocenters. The van der Waals surface area contributed by atoms with Crippen molar-refractivity contribution in [2.45, 2.75) is 88.0 Å². The lowest BCUT2D eigenvalue weighted by molar-refractivity contribution is 0.247. The second-order valence-electron chi connectivity index (χ2n) is 7.73. The van der Waals surface area contributed by atoms with E-state index in [9.17, 15) is 0 Å². The van der Waals surface area contributed by atoms with E-state index in [0.717, 1.165) is 11.3 Å². The third kappa shape index (κ3) is 11.7. The maximum absolute atomic E-state index is 5.52. The Morgan fingerprint density at radius 2 is 1.65 bits per heavy atom. The van der Waals surface area contributed by atoms with Gasteiger partial charge in [-0.2, -0.15) is 0 Å². The maximum atomic E-state index is 5.52. The van der Waals surface area contributed by atoms with Crippen molar-refractivity contribution in [3.8, 4) is 0 Å². The molecule has 0 aliphatic rings. The van der Waals surface area contributed by atoms with Crippen molar-refractivity contribution in [1.82, 2.24) is 0 Å². The number of allylic oxidation sites excluding steroid dienone is 3. The predicted octanol–water partition coefficient (Wildman–Crippen LogP) is 8.03. The van der Waals surface area contributed by atoms with Gasteiger partial charge in [0.1, 0.15) is 0 Å². The molecule has 0 amide bonds. The van der Waals surface area contributed by atoms with Gasteiger partial charge in [-0.05, 0) is 67.6 Å². The van der Waals surface area contributed by atoms with Gasteiger partial charge in [-0.15, -0.1) is 6.58 Å². The highest BCUT2D eigenvalue weighted by molar-refractivity contribution is 7.80. The number of hydrogen-bond acceptors (Lipinski definition) is 1. The highest BCUT2D eigenvalue weighted by Gasteiger charge is 2.27. The summed E-state index contributed by atoms with van der Waals surface area (Å²) < 4.78 is 0. The predicted molar refractivity (Wildman–Crippen MR) is 113 cm³/mol. The molecule has 0 aromatic carbocycles. The summed E-state index contributed by atoms with van der Waals surface area (Å²) in [4.78, 5) is 1.16. The quantitative estimate of drug-likeness (QED) is 0.287. The first-order chi connectivity index (χ1) is 10.6. The number of thiocarbonyl (C=S) groups is 1. The van der Waals surface area contributed by atoms with E-state index in [1.165, 1.54) is 24.8 Å². The van der Waals surface area contributed by atoms with E-state index in [4.69, 9.17) is 12.2 Å². The summed E-state index contributed by atoms with van der Waals surface area (Å²) in [6.07, 6.45) is 9.09. The van der Waals surface area contributed by atoms with Gasteiger partial charge in [0.25, 0.3) is 0 Å². The second kappa shape index (κ2) is 12.9. The average molecular weight is 339 g/mol. The van der Waals surface area contributed by atoms with Crippen LogP contribution in [0.15, 0.2) is 24.3 Å². The van der Waals surface area contributed by atoms with E-state index < -0.39 is 0 Å². The molecule has 136 valence electrons. The van der Waals surface area contributed by atoms with Gasteiger partial charge in [0.05, 0.1) is 0 Å². The van der Waals surface area contributed by atoms with Gasteiger partial charge in [0.15, 0.2) is 0 Å². The van der Waals surface area contributed by atoms with E-state index >= 15 is 0 Å². The highest BCUT2D eigenvalue weighted by atomic mass is 32.1. The smallest absolute Gasteiger partial charge is 0.00672 e. The van der Waals surface area contributed by atoms with Crippen molar-refractivity contribution in [3.05, 3.63) is 24.3 Å². The second-order valence-corrected chi connectivity index (χ2v) is 8.37. The molecule has 2 unspecified atom stereocenters. The molecule has 0 N–H and O–H groups in total. The molecule has 0 aliphatic carbocycles. The molecule has 0 saturated heterocycles. The van der Waals surface area contributed by atoms with E-state index in [2.05, 4.69) is 61.1 Å². The molecule has 0 nitrogen and oxygen atoms in total. The van der Waals surface area contributed by atoms with E-state index in [-0.39, 0.29) is 0 Å². The Kier molecular flexibility index (Phi) is 13.9. The number of rotatable bonds is 10. The van der Waals surface area contributed by atoms with Gasteiger partial charge in [0, 0.05) is 0 Å². The molecule has 0 fully saturated rings. The molecule has 0 rings (SSSR count). The van der Waals surface area contributed by atoms with Crippen LogP contribution >= 0.6 is 12.2 Å². The van der Waals surface area contributed by atoms with Gasteiger partial charge in [-0.25, -0.2) is 0 Å². The van der Waals surface area contributed by atoms with Crippen LogP contribution in [0.3, 0.4) is 0 Å². The van der Waals surface area contributed by atoms with Crippen LogP contribution in [-0.2, 0) is 0 Å². The van der Waals surface area contributed by atoms with Crippen LogP contribution in [0.5, 0.6) is 0 Å². The largest absolute Gasteiger partial charge is 0.103 e. The fourth-order valence-electron chi connectivity index (χ4n) is 2.80. The Labute approximate surface area is 152 Å². The molecule has 0 aromatic heterocycles. The summed E-state index contributed by atoms with van der Waals surface area (Å²) in [6.45, 7) is 23.8. The summed E-state index contributed by atoms with van der Waals surface area (Å²) >= 11 is 5.52. The van der Waals surface area contributed by atoms with Crippen LogP contribution in [0.2, 0.25) is 0 Å². The van der Waals surface area contributed by atoms with Crippen LogP contribution in [0.4, 0.5) is 0 Å². The molecule has 0 aliphatic heterocycles. The lowest BCUT2D eigenvalue weighted by Crippen LogP contribution is -2.26. The first kappa shape index (κ1) is 24.8. The molecular formula is C22H42S. The van der Waals surface area contributed by atoms with Gasteiger partial charge in [0.2, 0.25) is 0 Å². The molecule has 0 bridgehead atoms. The average Bonchev–Trinajstić information content (AvgIpc) is 2.46. The van der Waals surface area contributed by atoms with Crippen LogP contribution in [0.1, 0.15) is 88.0 Å². The van der Waals surface area contributed by atoms with Crippen molar-refractivity contribution in [1.29, 1.82) is 0 Å². The first-order valence-electron chi connectivity index (χ1n) is 9.38. The normalized spacial score (nSPS) is 14.8. The Bertz CT molecular complexity index is 360. The molecular weight excluding hydrogens is 296 g/mol. The SMILES string of the molecule is C=CCC(C)C(CC(C)(C)CC/C=C(\C)C(C)C)C(C)=S.CC. The Balaban J connectivity index is 0. The van der Waals surface area contributed by atoms with Gasteiger partial charge in [-0.3, -0.25) is 0 Å². The molecule has 0 spiro atoms. The minimum atomic E-state index is 0.341. The Morgan fingerprint density at radius 3 is 2.04 bits per heavy atom. The molecule has 23 heavy (non-hydrogen) atoms. The minimum absolute atomic E-state index is 0.341. The van der Waals surface area contributed by atoms with Crippen molar-refractivity contribution >= 4 is 17.1 Å². The van der Waals surface area contributed by atoms with Crippen molar-refractivity contribution in [3.63, 3.8) is 0 Å². The topological polar surface area (TPSA) is 0 Å². The van der Waals surface area contributed by atoms with E-state index in [1.807, 2.05) is 19.9 Å². The summed E-state index contributed by atoms with van der Waals surface area (Å²) in [7, 11) is 0. The standard InChI is InChI=1S/C20H36S.C2H6/c1-9-11-17(5)19(18(6)21)14-20(7,8)13-10-12-16(4)15(2)3;1-2/h9,12,15,17,19H,1,10-11,13-14H2,2-8H3;1-2H3/b16-12+;. The Morgan fingerprint density at radius 1 is 1.13 bits per heavy atom. The monoisotopic (exact) mass is 338 g/mol. The van der Waals surface area contributed by atoms with E-state index in [0.29, 0.717) is 23.2 Å². The van der Waals surface area contributed by atoms with Crippen LogP contribution in [0.25, 0.3) is 0 Å². The van der Waals surface area contributed by atoms with Crippen molar-refractivity contribution < 1.29 is 0 Å². The summed E-state index contributed by atoms with van der Waals surface area (Å²) in [6, 6.07) is 0. The minimum Gasteiger partial charge on any atom is -0.103 e. The van der Waals surface area contributed by atoms with Crippen molar-refractivity contribution in [2.75, 3.05) is 0 Å². The third-order valence-electron chi connectivity index (χ3n) is 4.72. The molecule has 0 heterocycles. The molecule has 0 aromatic rings. The fraction of sp³-hybridized carbons (Fsp3) is 0.773. The zero-order valence-electron chi connectivity index (χ0n) is 17.3. The van der Waals surface area contributed by atoms with Gasteiger partial charge < -0.3 is 0 Å². The van der Waals surface area contributed by atoms with E-state index in [1.54, 1.807) is 0 Å². The summed E-state index contributed by atoms with van der Waals surface area (Å²) in [5, 5.41) is 0. The lowest BCUT2D eigenvalue weighted by Gasteiger charge is -2.32. The number of hydrogen-bond donors (Lipinski definition) is 0. The van der Waals surface area contributed by atoms with Gasteiger partial charge >= 0.3 is 0 Å².